The molecule has 0 saturated carbocycles. The van der Waals surface area contributed by atoms with Gasteiger partial charge in [0.25, 0.3) is 0 Å². The van der Waals surface area contributed by atoms with E-state index in [2.05, 4.69) is 0 Å². The number of hydrazine groups is 1. The minimum absolute atomic E-state index is 0.159. The summed E-state index contributed by atoms with van der Waals surface area (Å²) in [6, 6.07) is 9.52. The van der Waals surface area contributed by atoms with Crippen LogP contribution < -0.4 is 5.84 Å². The van der Waals surface area contributed by atoms with Crippen molar-refractivity contribution in [3.05, 3.63) is 35.9 Å². The van der Waals surface area contributed by atoms with Crippen LogP contribution in [-0.4, -0.2) is 23.9 Å². The van der Waals surface area contributed by atoms with E-state index in [0.29, 0.717) is 0 Å². The fraction of sp³-hybridized carbons (Fsp3) is 0.417. The van der Waals surface area contributed by atoms with Crippen LogP contribution in [0.15, 0.2) is 30.3 Å². The van der Waals surface area contributed by atoms with Crippen LogP contribution in [0.25, 0.3) is 0 Å². The molecule has 2 rings (SSSR count). The highest BCUT2D eigenvalue weighted by atomic mass is 16.1. The van der Waals surface area contributed by atoms with E-state index >= 15 is 0 Å². The molecule has 1 aromatic carbocycles. The molecule has 80 valence electrons. The highest BCUT2D eigenvalue weighted by Gasteiger charge is 2.24. The van der Waals surface area contributed by atoms with Crippen molar-refractivity contribution in [2.75, 3.05) is 13.1 Å². The Balaban J connectivity index is 2.03. The highest BCUT2D eigenvalue weighted by molar-refractivity contribution is 5.97. The summed E-state index contributed by atoms with van der Waals surface area (Å²) in [5, 5.41) is 1.79. The Morgan fingerprint density at radius 3 is 2.40 bits per heavy atom. The van der Waals surface area contributed by atoms with Crippen molar-refractivity contribution in [1.82, 2.24) is 5.01 Å². The number of hydrogen-bond acceptors (Lipinski definition) is 3. The van der Waals surface area contributed by atoms with Crippen molar-refractivity contribution in [3.63, 3.8) is 0 Å². The van der Waals surface area contributed by atoms with Gasteiger partial charge in [-0.3, -0.25) is 10.6 Å². The Kier molecular flexibility index (Phi) is 3.14. The lowest BCUT2D eigenvalue weighted by molar-refractivity contribution is 0.0841. The molecule has 1 aliphatic heterocycles. The van der Waals surface area contributed by atoms with E-state index in [1.54, 1.807) is 5.01 Å². The predicted octanol–water partition coefficient (Wildman–Crippen LogP) is 1.45. The van der Waals surface area contributed by atoms with E-state index in [0.717, 1.165) is 31.5 Å². The van der Waals surface area contributed by atoms with Crippen molar-refractivity contribution in [1.29, 1.82) is 0 Å². The molecule has 0 radical (unpaired) electrons. The lowest BCUT2D eigenvalue weighted by atomic mass is 9.89. The third kappa shape index (κ3) is 2.43. The van der Waals surface area contributed by atoms with Gasteiger partial charge in [-0.05, 0) is 12.8 Å². The Labute approximate surface area is 89.8 Å². The SMILES string of the molecule is NN1CCC(C(=O)c2ccccc2)CC1. The molecule has 1 saturated heterocycles. The molecule has 1 aliphatic rings. The van der Waals surface area contributed by atoms with Gasteiger partial charge in [-0.2, -0.15) is 0 Å². The summed E-state index contributed by atoms with van der Waals surface area (Å²) in [4.78, 5) is 12.0. The van der Waals surface area contributed by atoms with Crippen molar-refractivity contribution in [2.24, 2.45) is 11.8 Å². The molecule has 3 heteroatoms. The van der Waals surface area contributed by atoms with Crippen molar-refractivity contribution in [3.8, 4) is 0 Å². The van der Waals surface area contributed by atoms with E-state index < -0.39 is 0 Å². The molecule has 0 spiro atoms. The molecule has 1 fully saturated rings. The Morgan fingerprint density at radius 2 is 1.80 bits per heavy atom. The lowest BCUT2D eigenvalue weighted by Crippen LogP contribution is -2.40. The fourth-order valence-electron chi connectivity index (χ4n) is 2.00. The molecule has 0 atom stereocenters. The second-order valence-electron chi connectivity index (χ2n) is 4.04. The number of piperidine rings is 1. The van der Waals surface area contributed by atoms with E-state index in [-0.39, 0.29) is 11.7 Å². The van der Waals surface area contributed by atoms with Crippen LogP contribution >= 0.6 is 0 Å². The lowest BCUT2D eigenvalue weighted by Gasteiger charge is -2.27. The topological polar surface area (TPSA) is 46.3 Å². The van der Waals surface area contributed by atoms with Gasteiger partial charge in [0.15, 0.2) is 5.78 Å². The molecular weight excluding hydrogens is 188 g/mol. The molecule has 0 aromatic heterocycles. The maximum atomic E-state index is 12.0. The Morgan fingerprint density at radius 1 is 1.20 bits per heavy atom. The van der Waals surface area contributed by atoms with Gasteiger partial charge in [0.05, 0.1) is 0 Å². The van der Waals surface area contributed by atoms with E-state index in [4.69, 9.17) is 5.84 Å². The van der Waals surface area contributed by atoms with Crippen LogP contribution in [0.2, 0.25) is 0 Å². The highest BCUT2D eigenvalue weighted by Crippen LogP contribution is 2.20. The standard InChI is InChI=1S/C12H16N2O/c13-14-8-6-11(7-9-14)12(15)10-4-2-1-3-5-10/h1-5,11H,6-9,13H2. The first-order chi connectivity index (χ1) is 7.27. The van der Waals surface area contributed by atoms with E-state index in [1.165, 1.54) is 0 Å². The van der Waals surface area contributed by atoms with Crippen LogP contribution in [0.5, 0.6) is 0 Å². The average molecular weight is 204 g/mol. The third-order valence-corrected chi connectivity index (χ3v) is 2.96. The number of carbonyl (C=O) groups is 1. The summed E-state index contributed by atoms with van der Waals surface area (Å²) in [7, 11) is 0. The summed E-state index contributed by atoms with van der Waals surface area (Å²) in [6.45, 7) is 1.65. The maximum absolute atomic E-state index is 12.0. The van der Waals surface area contributed by atoms with E-state index in [1.807, 2.05) is 30.3 Å². The normalized spacial score (nSPS) is 19.0. The predicted molar refractivity (Wildman–Crippen MR) is 59.3 cm³/mol. The molecule has 0 aliphatic carbocycles. The van der Waals surface area contributed by atoms with Gasteiger partial charge in [0, 0.05) is 24.6 Å². The minimum Gasteiger partial charge on any atom is -0.294 e. The number of hydrogen-bond donors (Lipinski definition) is 1. The van der Waals surface area contributed by atoms with Crippen molar-refractivity contribution < 1.29 is 4.79 Å². The summed E-state index contributed by atoms with van der Waals surface area (Å²) in [5.41, 5.74) is 0.827. The molecule has 1 heterocycles. The molecule has 3 nitrogen and oxygen atoms in total. The molecule has 15 heavy (non-hydrogen) atoms. The number of rotatable bonds is 2. The van der Waals surface area contributed by atoms with Crippen LogP contribution in [0.3, 0.4) is 0 Å². The second-order valence-corrected chi connectivity index (χ2v) is 4.04. The first kappa shape index (κ1) is 10.3. The number of Topliss-reactive ketones (excluding diaryl/α,β-unsaturated/α-hetero) is 1. The fourth-order valence-corrected chi connectivity index (χ4v) is 2.00. The largest absolute Gasteiger partial charge is 0.294 e. The van der Waals surface area contributed by atoms with Gasteiger partial charge < -0.3 is 0 Å². The zero-order chi connectivity index (χ0) is 10.7. The summed E-state index contributed by atoms with van der Waals surface area (Å²) in [6.07, 6.45) is 1.76. The second kappa shape index (κ2) is 4.55. The van der Waals surface area contributed by atoms with Crippen molar-refractivity contribution >= 4 is 5.78 Å². The molecule has 1 aromatic rings. The molecule has 0 bridgehead atoms. The first-order valence-electron chi connectivity index (χ1n) is 5.36. The summed E-state index contributed by atoms with van der Waals surface area (Å²) < 4.78 is 0. The average Bonchev–Trinajstić information content (AvgIpc) is 2.30. The number of nitrogens with two attached hydrogens (primary N) is 1. The Bertz CT molecular complexity index is 329. The van der Waals surface area contributed by atoms with Crippen molar-refractivity contribution in [2.45, 2.75) is 12.8 Å². The van der Waals surface area contributed by atoms with Crippen LogP contribution in [0, 0.1) is 5.92 Å². The summed E-state index contributed by atoms with van der Waals surface area (Å²) in [5.74, 6) is 6.08. The van der Waals surface area contributed by atoms with Gasteiger partial charge in [-0.25, -0.2) is 5.01 Å². The van der Waals surface area contributed by atoms with Gasteiger partial charge in [-0.1, -0.05) is 30.3 Å². The van der Waals surface area contributed by atoms with Gasteiger partial charge in [-0.15, -0.1) is 0 Å². The number of benzene rings is 1. The van der Waals surface area contributed by atoms with Gasteiger partial charge >= 0.3 is 0 Å². The first-order valence-corrected chi connectivity index (χ1v) is 5.36. The number of nitrogens with zero attached hydrogens (tertiary/aromatic N) is 1. The molecule has 0 unspecified atom stereocenters. The molecular formula is C12H16N2O. The minimum atomic E-state index is 0.159. The molecule has 2 N–H and O–H groups in total. The van der Waals surface area contributed by atoms with Crippen LogP contribution in [-0.2, 0) is 0 Å². The van der Waals surface area contributed by atoms with Gasteiger partial charge in [0.1, 0.15) is 0 Å². The third-order valence-electron chi connectivity index (χ3n) is 2.96. The zero-order valence-corrected chi connectivity index (χ0v) is 8.73. The van der Waals surface area contributed by atoms with Crippen LogP contribution in [0.4, 0.5) is 0 Å². The zero-order valence-electron chi connectivity index (χ0n) is 8.73. The smallest absolute Gasteiger partial charge is 0.166 e. The Hall–Kier alpha value is -1.19. The quantitative estimate of drug-likeness (QED) is 0.586. The number of carbonyl (C=O) groups excluding carboxylic acids is 1. The van der Waals surface area contributed by atoms with E-state index in [9.17, 15) is 4.79 Å². The van der Waals surface area contributed by atoms with Gasteiger partial charge in [0.2, 0.25) is 0 Å². The molecule has 0 amide bonds. The summed E-state index contributed by atoms with van der Waals surface area (Å²) >= 11 is 0. The van der Waals surface area contributed by atoms with Crippen LogP contribution in [0.1, 0.15) is 23.2 Å². The monoisotopic (exact) mass is 204 g/mol. The maximum Gasteiger partial charge on any atom is 0.166 e. The number of ketones is 1.